The van der Waals surface area contributed by atoms with E-state index in [0.717, 1.165) is 5.69 Å². The number of aromatic nitrogens is 4. The third-order valence-electron chi connectivity index (χ3n) is 3.57. The molecule has 0 bridgehead atoms. The fraction of sp³-hybridized carbons (Fsp3) is 0.188. The summed E-state index contributed by atoms with van der Waals surface area (Å²) in [7, 11) is 1.67. The lowest BCUT2D eigenvalue weighted by molar-refractivity contribution is 0.101. The van der Waals surface area contributed by atoms with Gasteiger partial charge < -0.3 is 5.32 Å². The zero-order chi connectivity index (χ0) is 18.1. The molecule has 1 N–H and O–H groups in total. The number of carbonyl (C=O) groups excluding carboxylic acids is 1. The van der Waals surface area contributed by atoms with Crippen LogP contribution >= 0.6 is 23.2 Å². The summed E-state index contributed by atoms with van der Waals surface area (Å²) in [4.78, 5) is 12.3. The summed E-state index contributed by atoms with van der Waals surface area (Å²) in [5, 5.41) is 11.5. The molecule has 130 valence electrons. The standard InChI is InChI=1S/C16H14Cl2FN5O/c1-9-6-14(23(2)21-9)16(25)20-15-12(18)8-24(22-15)7-10-11(17)4-3-5-13(10)19/h3-6,8H,7H2,1-2H3,(H,20,22,25). The highest BCUT2D eigenvalue weighted by Crippen LogP contribution is 2.24. The molecule has 0 radical (unpaired) electrons. The fourth-order valence-electron chi connectivity index (χ4n) is 2.40. The summed E-state index contributed by atoms with van der Waals surface area (Å²) in [6.07, 6.45) is 1.49. The lowest BCUT2D eigenvalue weighted by Crippen LogP contribution is -2.17. The monoisotopic (exact) mass is 381 g/mol. The number of nitrogens with zero attached hydrogens (tertiary/aromatic N) is 4. The number of amides is 1. The largest absolute Gasteiger partial charge is 0.302 e. The van der Waals surface area contributed by atoms with Gasteiger partial charge in [0, 0.05) is 23.8 Å². The highest BCUT2D eigenvalue weighted by Gasteiger charge is 2.17. The molecule has 1 amide bonds. The number of anilines is 1. The van der Waals surface area contributed by atoms with Crippen molar-refractivity contribution >= 4 is 34.9 Å². The van der Waals surface area contributed by atoms with E-state index in [0.29, 0.717) is 16.3 Å². The smallest absolute Gasteiger partial charge is 0.275 e. The number of benzene rings is 1. The molecule has 0 aliphatic carbocycles. The van der Waals surface area contributed by atoms with E-state index < -0.39 is 5.82 Å². The second kappa shape index (κ2) is 6.85. The number of nitrogens with one attached hydrogen (secondary N) is 1. The van der Waals surface area contributed by atoms with Crippen LogP contribution in [0.5, 0.6) is 0 Å². The Morgan fingerprint density at radius 2 is 2.04 bits per heavy atom. The van der Waals surface area contributed by atoms with Gasteiger partial charge in [-0.3, -0.25) is 14.2 Å². The van der Waals surface area contributed by atoms with Crippen LogP contribution in [0.2, 0.25) is 10.0 Å². The van der Waals surface area contributed by atoms with Crippen LogP contribution in [0.3, 0.4) is 0 Å². The Morgan fingerprint density at radius 1 is 1.28 bits per heavy atom. The Balaban J connectivity index is 1.81. The minimum absolute atomic E-state index is 0.0892. The highest BCUT2D eigenvalue weighted by atomic mass is 35.5. The molecule has 0 fully saturated rings. The minimum atomic E-state index is -0.435. The van der Waals surface area contributed by atoms with E-state index in [1.54, 1.807) is 26.1 Å². The highest BCUT2D eigenvalue weighted by molar-refractivity contribution is 6.33. The summed E-state index contributed by atoms with van der Waals surface area (Å²) in [5.41, 5.74) is 1.39. The maximum Gasteiger partial charge on any atom is 0.275 e. The quantitative estimate of drug-likeness (QED) is 0.749. The SMILES string of the molecule is Cc1cc(C(=O)Nc2nn(Cc3c(F)cccc3Cl)cc2Cl)n(C)n1. The van der Waals surface area contributed by atoms with Crippen molar-refractivity contribution in [1.82, 2.24) is 19.6 Å². The molecule has 6 nitrogen and oxygen atoms in total. The molecule has 0 saturated carbocycles. The van der Waals surface area contributed by atoms with E-state index in [4.69, 9.17) is 23.2 Å². The molecule has 0 aliphatic rings. The molecule has 1 aromatic carbocycles. The van der Waals surface area contributed by atoms with E-state index in [9.17, 15) is 9.18 Å². The molecule has 2 heterocycles. The Hall–Kier alpha value is -2.38. The number of rotatable bonds is 4. The summed E-state index contributed by atoms with van der Waals surface area (Å²) in [5.74, 6) is -0.646. The van der Waals surface area contributed by atoms with Gasteiger partial charge in [0.25, 0.3) is 5.91 Å². The van der Waals surface area contributed by atoms with E-state index in [2.05, 4.69) is 15.5 Å². The van der Waals surface area contributed by atoms with E-state index >= 15 is 0 Å². The second-order valence-corrected chi connectivity index (χ2v) is 6.29. The van der Waals surface area contributed by atoms with Crippen LogP contribution in [0.25, 0.3) is 0 Å². The van der Waals surface area contributed by atoms with E-state index in [1.165, 1.54) is 27.7 Å². The summed E-state index contributed by atoms with van der Waals surface area (Å²) >= 11 is 12.1. The van der Waals surface area contributed by atoms with Crippen molar-refractivity contribution in [2.24, 2.45) is 7.05 Å². The zero-order valence-electron chi connectivity index (χ0n) is 13.4. The van der Waals surface area contributed by atoms with Crippen molar-refractivity contribution in [2.45, 2.75) is 13.5 Å². The van der Waals surface area contributed by atoms with Gasteiger partial charge >= 0.3 is 0 Å². The number of aryl methyl sites for hydroxylation is 2. The van der Waals surface area contributed by atoms with Gasteiger partial charge in [-0.05, 0) is 25.1 Å². The van der Waals surface area contributed by atoms with Gasteiger partial charge in [-0.2, -0.15) is 10.2 Å². The Bertz CT molecular complexity index is 930. The maximum atomic E-state index is 13.9. The summed E-state index contributed by atoms with van der Waals surface area (Å²) in [6, 6.07) is 6.09. The first kappa shape index (κ1) is 17.4. The molecular formula is C16H14Cl2FN5O. The third kappa shape index (κ3) is 3.67. The van der Waals surface area contributed by atoms with Crippen LogP contribution in [0.15, 0.2) is 30.5 Å². The number of carbonyl (C=O) groups is 1. The predicted octanol–water partition coefficient (Wildman–Crippen LogP) is 3.67. The van der Waals surface area contributed by atoms with Crippen molar-refractivity contribution in [2.75, 3.05) is 5.32 Å². The topological polar surface area (TPSA) is 64.7 Å². The van der Waals surface area contributed by atoms with Crippen molar-refractivity contribution < 1.29 is 9.18 Å². The normalized spacial score (nSPS) is 10.9. The molecule has 9 heteroatoms. The lowest BCUT2D eigenvalue weighted by atomic mass is 10.2. The summed E-state index contributed by atoms with van der Waals surface area (Å²) < 4.78 is 16.8. The first-order valence-corrected chi connectivity index (χ1v) is 8.08. The molecule has 0 saturated heterocycles. The molecular weight excluding hydrogens is 368 g/mol. The van der Waals surface area contributed by atoms with Crippen LogP contribution < -0.4 is 5.32 Å². The van der Waals surface area contributed by atoms with Crippen LogP contribution in [-0.4, -0.2) is 25.5 Å². The Morgan fingerprint density at radius 3 is 2.68 bits per heavy atom. The van der Waals surface area contributed by atoms with E-state index in [-0.39, 0.29) is 23.3 Å². The zero-order valence-corrected chi connectivity index (χ0v) is 14.9. The van der Waals surface area contributed by atoms with Gasteiger partial charge in [0.1, 0.15) is 16.5 Å². The lowest BCUT2D eigenvalue weighted by Gasteiger charge is -2.06. The first-order chi connectivity index (χ1) is 11.8. The molecule has 0 unspecified atom stereocenters. The van der Waals surface area contributed by atoms with Crippen LogP contribution in [-0.2, 0) is 13.6 Å². The second-order valence-electron chi connectivity index (χ2n) is 5.47. The van der Waals surface area contributed by atoms with Gasteiger partial charge in [-0.15, -0.1) is 0 Å². The molecule has 3 rings (SSSR count). The van der Waals surface area contributed by atoms with Gasteiger partial charge in [-0.1, -0.05) is 29.3 Å². The van der Waals surface area contributed by atoms with Crippen molar-refractivity contribution in [3.63, 3.8) is 0 Å². The van der Waals surface area contributed by atoms with Crippen molar-refractivity contribution in [3.8, 4) is 0 Å². The average Bonchev–Trinajstić information content (AvgIpc) is 3.05. The Labute approximate surface area is 153 Å². The van der Waals surface area contributed by atoms with Crippen LogP contribution in [0.1, 0.15) is 21.7 Å². The molecule has 25 heavy (non-hydrogen) atoms. The van der Waals surface area contributed by atoms with Gasteiger partial charge in [0.2, 0.25) is 0 Å². The van der Waals surface area contributed by atoms with Gasteiger partial charge in [0.05, 0.1) is 12.2 Å². The molecule has 2 aromatic heterocycles. The van der Waals surface area contributed by atoms with Gasteiger partial charge in [-0.25, -0.2) is 4.39 Å². The average molecular weight is 382 g/mol. The third-order valence-corrected chi connectivity index (χ3v) is 4.20. The molecule has 3 aromatic rings. The minimum Gasteiger partial charge on any atom is -0.302 e. The van der Waals surface area contributed by atoms with Crippen molar-refractivity contribution in [3.05, 3.63) is 63.3 Å². The van der Waals surface area contributed by atoms with Crippen LogP contribution in [0.4, 0.5) is 10.2 Å². The van der Waals surface area contributed by atoms with Crippen LogP contribution in [0, 0.1) is 12.7 Å². The molecule has 0 spiro atoms. The fourth-order valence-corrected chi connectivity index (χ4v) is 2.82. The predicted molar refractivity (Wildman–Crippen MR) is 93.6 cm³/mol. The first-order valence-electron chi connectivity index (χ1n) is 7.33. The molecule has 0 atom stereocenters. The number of hydrogen-bond acceptors (Lipinski definition) is 3. The summed E-state index contributed by atoms with van der Waals surface area (Å²) in [6.45, 7) is 1.88. The number of halogens is 3. The maximum absolute atomic E-state index is 13.9. The van der Waals surface area contributed by atoms with E-state index in [1.807, 2.05) is 0 Å². The number of hydrogen-bond donors (Lipinski definition) is 1. The Kier molecular flexibility index (Phi) is 4.78. The molecule has 0 aliphatic heterocycles. The van der Waals surface area contributed by atoms with Crippen molar-refractivity contribution in [1.29, 1.82) is 0 Å². The van der Waals surface area contributed by atoms with Gasteiger partial charge in [0.15, 0.2) is 5.82 Å².